The molecule has 10 nitrogen and oxygen atoms in total. The molecule has 0 N–H and O–H groups in total. The van der Waals surface area contributed by atoms with E-state index >= 15 is 0 Å². The summed E-state index contributed by atoms with van der Waals surface area (Å²) in [5.41, 5.74) is -2.98. The fourth-order valence-corrected chi connectivity index (χ4v) is 2.06. The van der Waals surface area contributed by atoms with Crippen LogP contribution in [0.4, 0.5) is 0 Å². The minimum atomic E-state index is -1.08. The van der Waals surface area contributed by atoms with Gasteiger partial charge in [-0.05, 0) is 6.26 Å². The number of aromatic nitrogens is 3. The molecule has 0 saturated carbocycles. The lowest BCUT2D eigenvalue weighted by molar-refractivity contribution is -0.141. The molecule has 122 valence electrons. The Morgan fingerprint density at radius 3 is 1.55 bits per heavy atom. The van der Waals surface area contributed by atoms with E-state index in [2.05, 4.69) is 9.47 Å². The van der Waals surface area contributed by atoms with Gasteiger partial charge in [-0.25, -0.2) is 28.1 Å². The number of ether oxygens (including phenoxy) is 2. The molecule has 0 radical (unpaired) electrons. The molecule has 0 spiro atoms. The molecule has 11 heteroatoms. The van der Waals surface area contributed by atoms with Crippen LogP contribution in [0.2, 0.25) is 0 Å². The van der Waals surface area contributed by atoms with Gasteiger partial charge in [-0.3, -0.25) is 9.59 Å². The molecule has 0 aliphatic rings. The van der Waals surface area contributed by atoms with Crippen LogP contribution in [0.25, 0.3) is 0 Å². The summed E-state index contributed by atoms with van der Waals surface area (Å²) in [6.45, 7) is -1.33. The van der Waals surface area contributed by atoms with E-state index in [-0.39, 0.29) is 5.88 Å². The van der Waals surface area contributed by atoms with Crippen molar-refractivity contribution in [2.24, 2.45) is 0 Å². The first kappa shape index (κ1) is 17.8. The van der Waals surface area contributed by atoms with E-state index in [0.717, 1.165) is 30.5 Å². The van der Waals surface area contributed by atoms with Crippen molar-refractivity contribution in [3.63, 3.8) is 0 Å². The Morgan fingerprint density at radius 1 is 0.864 bits per heavy atom. The summed E-state index contributed by atoms with van der Waals surface area (Å²) >= 11 is 1.16. The van der Waals surface area contributed by atoms with Gasteiger partial charge in [0.25, 0.3) is 0 Å². The molecule has 0 atom stereocenters. The van der Waals surface area contributed by atoms with Crippen molar-refractivity contribution in [2.45, 2.75) is 19.0 Å². The summed E-state index contributed by atoms with van der Waals surface area (Å²) in [6, 6.07) is 0. The van der Waals surface area contributed by atoms with E-state index in [1.54, 1.807) is 6.26 Å². The summed E-state index contributed by atoms with van der Waals surface area (Å²) in [4.78, 5) is 59.1. The molecule has 1 heterocycles. The number of esters is 2. The van der Waals surface area contributed by atoms with Gasteiger partial charge in [0.1, 0.15) is 13.1 Å². The summed E-state index contributed by atoms with van der Waals surface area (Å²) in [5.74, 6) is -1.71. The number of carbonyl (C=O) groups is 2. The Hall–Kier alpha value is -2.30. The van der Waals surface area contributed by atoms with Gasteiger partial charge in [0, 0.05) is 0 Å². The van der Waals surface area contributed by atoms with Crippen molar-refractivity contribution in [1.29, 1.82) is 0 Å². The maximum Gasteiger partial charge on any atom is 0.337 e. The van der Waals surface area contributed by atoms with Crippen LogP contribution in [-0.4, -0.2) is 46.1 Å². The molecule has 1 aromatic rings. The Labute approximate surface area is 128 Å². The highest BCUT2D eigenvalue weighted by Crippen LogP contribution is 1.92. The van der Waals surface area contributed by atoms with E-state index in [0.29, 0.717) is 9.13 Å². The van der Waals surface area contributed by atoms with E-state index in [4.69, 9.17) is 0 Å². The van der Waals surface area contributed by atoms with E-state index in [1.807, 2.05) is 0 Å². The van der Waals surface area contributed by atoms with Gasteiger partial charge in [0.05, 0.1) is 20.1 Å². The summed E-state index contributed by atoms with van der Waals surface area (Å²) in [7, 11) is 2.19. The number of rotatable bonds is 6. The average Bonchev–Trinajstić information content (AvgIpc) is 2.51. The number of nitrogens with zero attached hydrogens (tertiary/aromatic N) is 3. The van der Waals surface area contributed by atoms with Crippen molar-refractivity contribution in [2.75, 3.05) is 20.5 Å². The van der Waals surface area contributed by atoms with Crippen molar-refractivity contribution >= 4 is 23.7 Å². The fourth-order valence-electron chi connectivity index (χ4n) is 1.58. The van der Waals surface area contributed by atoms with Crippen LogP contribution in [0, 0.1) is 0 Å². The molecule has 0 bridgehead atoms. The second-order valence-corrected chi connectivity index (χ2v) is 4.85. The Balaban J connectivity index is 3.59. The lowest BCUT2D eigenvalue weighted by Gasteiger charge is -2.12. The van der Waals surface area contributed by atoms with E-state index < -0.39 is 42.1 Å². The highest BCUT2D eigenvalue weighted by atomic mass is 32.2. The third-order valence-electron chi connectivity index (χ3n) is 2.67. The number of methoxy groups -OCH3 is 2. The summed E-state index contributed by atoms with van der Waals surface area (Å²) in [6.07, 6.45) is 1.65. The van der Waals surface area contributed by atoms with Crippen LogP contribution in [0.5, 0.6) is 0 Å². The SMILES string of the molecule is COC(=O)Cn1c(=O)n(CSC)c(=O)n(CC(=O)OC)c1=O. The number of hydrogen-bond donors (Lipinski definition) is 0. The molecule has 0 aromatic carbocycles. The minimum absolute atomic E-state index is 0.0414. The molecule has 0 fully saturated rings. The molecular weight excluding hydrogens is 318 g/mol. The molecule has 22 heavy (non-hydrogen) atoms. The smallest absolute Gasteiger partial charge is 0.337 e. The molecule has 0 saturated heterocycles. The molecule has 0 amide bonds. The second kappa shape index (κ2) is 7.64. The topological polar surface area (TPSA) is 119 Å². The lowest BCUT2D eigenvalue weighted by atomic mass is 10.6. The summed E-state index contributed by atoms with van der Waals surface area (Å²) in [5, 5.41) is 0. The van der Waals surface area contributed by atoms with E-state index in [1.165, 1.54) is 0 Å². The first-order valence-corrected chi connectivity index (χ1v) is 7.33. The largest absolute Gasteiger partial charge is 0.468 e. The number of thioether (sulfide) groups is 1. The van der Waals surface area contributed by atoms with Gasteiger partial charge < -0.3 is 9.47 Å². The highest BCUT2D eigenvalue weighted by Gasteiger charge is 2.19. The zero-order valence-corrected chi connectivity index (χ0v) is 13.0. The maximum absolute atomic E-state index is 12.2. The van der Waals surface area contributed by atoms with Gasteiger partial charge in [-0.1, -0.05) is 0 Å². The Morgan fingerprint density at radius 2 is 1.23 bits per heavy atom. The van der Waals surface area contributed by atoms with Crippen LogP contribution in [-0.2, 0) is 38.0 Å². The third-order valence-corrected chi connectivity index (χ3v) is 3.19. The predicted octanol–water partition coefficient (Wildman–Crippen LogP) is -2.16. The van der Waals surface area contributed by atoms with Gasteiger partial charge in [0.2, 0.25) is 0 Å². The Kier molecular flexibility index (Phi) is 6.16. The van der Waals surface area contributed by atoms with Gasteiger partial charge in [-0.15, -0.1) is 11.8 Å². The summed E-state index contributed by atoms with van der Waals surface area (Å²) < 4.78 is 10.6. The van der Waals surface area contributed by atoms with E-state index in [9.17, 15) is 24.0 Å². The standard InChI is InChI=1S/C11H15N3O7S/c1-20-7(15)4-12-9(17)13(5-8(16)21-2)11(19)14(6-22-3)10(12)18/h4-6H2,1-3H3. The highest BCUT2D eigenvalue weighted by molar-refractivity contribution is 7.97. The monoisotopic (exact) mass is 333 g/mol. The molecule has 0 aliphatic carbocycles. The molecule has 1 aromatic heterocycles. The zero-order valence-electron chi connectivity index (χ0n) is 12.2. The van der Waals surface area contributed by atoms with Crippen molar-refractivity contribution in [3.05, 3.63) is 31.5 Å². The molecule has 0 unspecified atom stereocenters. The first-order valence-electron chi connectivity index (χ1n) is 5.94. The van der Waals surface area contributed by atoms with Crippen LogP contribution < -0.4 is 17.1 Å². The number of carbonyl (C=O) groups excluding carboxylic acids is 2. The third kappa shape index (κ3) is 3.67. The van der Waals surface area contributed by atoms with Crippen LogP contribution in [0.3, 0.4) is 0 Å². The average molecular weight is 333 g/mol. The predicted molar refractivity (Wildman–Crippen MR) is 76.8 cm³/mol. The Bertz CT molecular complexity index is 689. The van der Waals surface area contributed by atoms with Crippen molar-refractivity contribution in [1.82, 2.24) is 13.7 Å². The quantitative estimate of drug-likeness (QED) is 0.540. The molecule has 0 aliphatic heterocycles. The maximum atomic E-state index is 12.2. The van der Waals surface area contributed by atoms with Crippen LogP contribution in [0.1, 0.15) is 0 Å². The minimum Gasteiger partial charge on any atom is -0.468 e. The fraction of sp³-hybridized carbons (Fsp3) is 0.545. The van der Waals surface area contributed by atoms with Crippen LogP contribution in [0.15, 0.2) is 14.4 Å². The van der Waals surface area contributed by atoms with Gasteiger partial charge in [-0.2, -0.15) is 0 Å². The van der Waals surface area contributed by atoms with Crippen LogP contribution >= 0.6 is 11.8 Å². The van der Waals surface area contributed by atoms with Crippen molar-refractivity contribution < 1.29 is 19.1 Å². The molecular formula is C11H15N3O7S. The zero-order chi connectivity index (χ0) is 16.9. The normalized spacial score (nSPS) is 10.3. The second-order valence-electron chi connectivity index (χ2n) is 4.02. The first-order chi connectivity index (χ1) is 10.4. The van der Waals surface area contributed by atoms with Gasteiger partial charge >= 0.3 is 29.0 Å². The van der Waals surface area contributed by atoms with Crippen molar-refractivity contribution in [3.8, 4) is 0 Å². The molecule has 1 rings (SSSR count). The van der Waals surface area contributed by atoms with Gasteiger partial charge in [0.15, 0.2) is 0 Å². The number of hydrogen-bond acceptors (Lipinski definition) is 8. The lowest BCUT2D eigenvalue weighted by Crippen LogP contribution is -2.55.